The van der Waals surface area contributed by atoms with Crippen molar-refractivity contribution in [3.63, 3.8) is 0 Å². The molecule has 128 valence electrons. The van der Waals surface area contributed by atoms with Gasteiger partial charge in [-0.25, -0.2) is 0 Å². The van der Waals surface area contributed by atoms with Gasteiger partial charge in [-0.2, -0.15) is 0 Å². The molecular weight excluding hydrogens is 306 g/mol. The Morgan fingerprint density at radius 2 is 2.00 bits per heavy atom. The van der Waals surface area contributed by atoms with E-state index in [9.17, 15) is 5.11 Å². The zero-order valence-electron chi connectivity index (χ0n) is 14.3. The Morgan fingerprint density at radius 3 is 2.71 bits per heavy atom. The summed E-state index contributed by atoms with van der Waals surface area (Å²) in [6.45, 7) is 0. The van der Waals surface area contributed by atoms with Crippen LogP contribution in [0.4, 0.5) is 0 Å². The van der Waals surface area contributed by atoms with Crippen molar-refractivity contribution in [1.29, 1.82) is 0 Å². The third kappa shape index (κ3) is 2.19. The first-order chi connectivity index (χ1) is 11.7. The van der Waals surface area contributed by atoms with Crippen LogP contribution in [0.25, 0.3) is 10.8 Å². The van der Waals surface area contributed by atoms with Crippen LogP contribution in [0.1, 0.15) is 30.0 Å². The molecule has 1 saturated carbocycles. The first kappa shape index (κ1) is 15.7. The maximum Gasteiger partial charge on any atom is 0.164 e. The van der Waals surface area contributed by atoms with Gasteiger partial charge in [-0.05, 0) is 42.7 Å². The second-order valence-electron chi connectivity index (χ2n) is 6.77. The Balaban J connectivity index is 1.92. The largest absolute Gasteiger partial charge is 0.493 e. The molecule has 2 aliphatic carbocycles. The lowest BCUT2D eigenvalue weighted by Gasteiger charge is -2.41. The number of aliphatic hydroxyl groups excluding tert-OH is 1. The maximum absolute atomic E-state index is 10.4. The first-order valence-corrected chi connectivity index (χ1v) is 8.41. The van der Waals surface area contributed by atoms with Crippen LogP contribution in [0.3, 0.4) is 0 Å². The Morgan fingerprint density at radius 1 is 1.17 bits per heavy atom. The van der Waals surface area contributed by atoms with Gasteiger partial charge in [0.25, 0.3) is 0 Å². The molecule has 1 aromatic heterocycles. The zero-order valence-corrected chi connectivity index (χ0v) is 14.3. The zero-order chi connectivity index (χ0) is 16.8. The summed E-state index contributed by atoms with van der Waals surface area (Å²) in [7, 11) is 5.02. The fourth-order valence-electron chi connectivity index (χ4n) is 4.57. The van der Waals surface area contributed by atoms with Crippen LogP contribution in [0, 0.1) is 5.92 Å². The van der Waals surface area contributed by atoms with Gasteiger partial charge in [-0.15, -0.1) is 0 Å². The number of aromatic nitrogens is 1. The number of hydrogen-bond acceptors (Lipinski definition) is 5. The minimum atomic E-state index is -0.423. The lowest BCUT2D eigenvalue weighted by Crippen LogP contribution is -2.41. The van der Waals surface area contributed by atoms with Crippen molar-refractivity contribution in [3.05, 3.63) is 29.6 Å². The van der Waals surface area contributed by atoms with Gasteiger partial charge in [-0.3, -0.25) is 4.98 Å². The molecule has 5 nitrogen and oxygen atoms in total. The van der Waals surface area contributed by atoms with Crippen LogP contribution >= 0.6 is 0 Å². The third-order valence-electron chi connectivity index (χ3n) is 5.67. The number of benzene rings is 1. The number of fused-ring (bicyclic) bond motifs is 2. The van der Waals surface area contributed by atoms with E-state index in [0.717, 1.165) is 47.4 Å². The predicted molar refractivity (Wildman–Crippen MR) is 90.8 cm³/mol. The number of pyridine rings is 1. The summed E-state index contributed by atoms with van der Waals surface area (Å²) in [5.74, 6) is 2.20. The molecule has 24 heavy (non-hydrogen) atoms. The molecule has 0 radical (unpaired) electrons. The minimum absolute atomic E-state index is 0.120. The van der Waals surface area contributed by atoms with Crippen molar-refractivity contribution in [3.8, 4) is 11.5 Å². The molecule has 2 aliphatic rings. The Kier molecular flexibility index (Phi) is 3.85. The highest BCUT2D eigenvalue weighted by atomic mass is 16.5. The SMILES string of the molecule is COc1cc2ccnc3c2c(c1OC)C[C@@H]1C[C@@H](O)[C@@H](OC)C[C@@H]31. The maximum atomic E-state index is 10.4. The monoisotopic (exact) mass is 329 g/mol. The smallest absolute Gasteiger partial charge is 0.164 e. The highest BCUT2D eigenvalue weighted by Crippen LogP contribution is 2.50. The highest BCUT2D eigenvalue weighted by molar-refractivity contribution is 5.93. The summed E-state index contributed by atoms with van der Waals surface area (Å²) in [4.78, 5) is 4.71. The molecule has 0 unspecified atom stereocenters. The van der Waals surface area contributed by atoms with Crippen LogP contribution in [0.2, 0.25) is 0 Å². The second kappa shape index (κ2) is 5.90. The molecule has 1 fully saturated rings. The molecule has 0 saturated heterocycles. The van der Waals surface area contributed by atoms with E-state index in [-0.39, 0.29) is 6.10 Å². The average Bonchev–Trinajstić information content (AvgIpc) is 2.61. The van der Waals surface area contributed by atoms with Gasteiger partial charge in [0.15, 0.2) is 11.5 Å². The fraction of sp³-hybridized carbons (Fsp3) is 0.526. The molecule has 0 amide bonds. The van der Waals surface area contributed by atoms with E-state index in [1.165, 1.54) is 5.39 Å². The van der Waals surface area contributed by atoms with Crippen LogP contribution in [0.15, 0.2) is 18.3 Å². The van der Waals surface area contributed by atoms with Gasteiger partial charge < -0.3 is 19.3 Å². The van der Waals surface area contributed by atoms with Gasteiger partial charge in [0.05, 0.1) is 32.1 Å². The van der Waals surface area contributed by atoms with Gasteiger partial charge in [0.1, 0.15) is 0 Å². The number of rotatable bonds is 3. The standard InChI is InChI=1S/C19H23NO4/c1-22-15-9-12-11(7-14(15)21)6-13-17-10(4-5-20-18(12)17)8-16(23-2)19(13)24-3/h4-5,8,11-12,14-15,21H,6-7,9H2,1-3H3/t11-,12-,14-,15+/m1/s1. The van der Waals surface area contributed by atoms with Crippen molar-refractivity contribution in [2.75, 3.05) is 21.3 Å². The van der Waals surface area contributed by atoms with Crippen molar-refractivity contribution >= 4 is 10.8 Å². The Bertz CT molecular complexity index is 776. The first-order valence-electron chi connectivity index (χ1n) is 8.41. The normalized spacial score (nSPS) is 28.5. The molecule has 0 aliphatic heterocycles. The number of nitrogens with zero attached hydrogens (tertiary/aromatic N) is 1. The summed E-state index contributed by atoms with van der Waals surface area (Å²) in [5.41, 5.74) is 2.26. The fourth-order valence-corrected chi connectivity index (χ4v) is 4.57. The van der Waals surface area contributed by atoms with Gasteiger partial charge in [0.2, 0.25) is 0 Å². The lowest BCUT2D eigenvalue weighted by molar-refractivity contribution is -0.0577. The van der Waals surface area contributed by atoms with E-state index in [1.807, 2.05) is 18.3 Å². The Labute approximate surface area is 141 Å². The van der Waals surface area contributed by atoms with E-state index in [2.05, 4.69) is 0 Å². The molecule has 5 heteroatoms. The van der Waals surface area contributed by atoms with Crippen molar-refractivity contribution in [2.24, 2.45) is 5.92 Å². The predicted octanol–water partition coefficient (Wildman–Crippen LogP) is 2.68. The van der Waals surface area contributed by atoms with Gasteiger partial charge >= 0.3 is 0 Å². The number of hydrogen-bond donors (Lipinski definition) is 1. The van der Waals surface area contributed by atoms with Crippen molar-refractivity contribution in [1.82, 2.24) is 4.98 Å². The van der Waals surface area contributed by atoms with Crippen LogP contribution in [-0.2, 0) is 11.2 Å². The number of ether oxygens (including phenoxy) is 3. The van der Waals surface area contributed by atoms with Crippen molar-refractivity contribution < 1.29 is 19.3 Å². The third-order valence-corrected chi connectivity index (χ3v) is 5.67. The topological polar surface area (TPSA) is 60.8 Å². The van der Waals surface area contributed by atoms with Gasteiger partial charge in [-0.1, -0.05) is 0 Å². The quantitative estimate of drug-likeness (QED) is 0.938. The van der Waals surface area contributed by atoms with Crippen LogP contribution < -0.4 is 9.47 Å². The summed E-state index contributed by atoms with van der Waals surface area (Å²) in [6, 6.07) is 4.05. The minimum Gasteiger partial charge on any atom is -0.493 e. The number of aliphatic hydroxyl groups is 1. The van der Waals surface area contributed by atoms with E-state index in [4.69, 9.17) is 19.2 Å². The van der Waals surface area contributed by atoms with Crippen molar-refractivity contribution in [2.45, 2.75) is 37.4 Å². The summed E-state index contributed by atoms with van der Waals surface area (Å²) in [6.07, 6.45) is 3.72. The van der Waals surface area contributed by atoms with Crippen LogP contribution in [-0.4, -0.2) is 43.6 Å². The van der Waals surface area contributed by atoms with E-state index >= 15 is 0 Å². The number of methoxy groups -OCH3 is 3. The molecule has 1 aromatic carbocycles. The second-order valence-corrected chi connectivity index (χ2v) is 6.77. The summed E-state index contributed by atoms with van der Waals surface area (Å²) >= 11 is 0. The van der Waals surface area contributed by atoms with E-state index in [1.54, 1.807) is 21.3 Å². The summed E-state index contributed by atoms with van der Waals surface area (Å²) < 4.78 is 16.7. The molecule has 4 atom stereocenters. The highest BCUT2D eigenvalue weighted by Gasteiger charge is 2.42. The van der Waals surface area contributed by atoms with Crippen LogP contribution in [0.5, 0.6) is 11.5 Å². The molecular formula is C19H23NO4. The molecule has 1 N–H and O–H groups in total. The molecule has 0 bridgehead atoms. The molecule has 1 heterocycles. The van der Waals surface area contributed by atoms with E-state index < -0.39 is 6.10 Å². The lowest BCUT2D eigenvalue weighted by atomic mass is 9.67. The van der Waals surface area contributed by atoms with E-state index in [0.29, 0.717) is 11.8 Å². The molecule has 2 aromatic rings. The average molecular weight is 329 g/mol. The molecule has 4 rings (SSSR count). The van der Waals surface area contributed by atoms with Gasteiger partial charge in [0, 0.05) is 30.2 Å². The molecule has 0 spiro atoms. The summed E-state index contributed by atoms with van der Waals surface area (Å²) in [5, 5.41) is 12.7. The Hall–Kier alpha value is -1.85.